The maximum Gasteiger partial charge on any atom is 0.219 e. The van der Waals surface area contributed by atoms with Crippen LogP contribution in [0, 0.1) is 0 Å². The molecule has 0 aliphatic heterocycles. The van der Waals surface area contributed by atoms with Crippen molar-refractivity contribution in [2.75, 3.05) is 20.2 Å². The number of nitrogens with zero attached hydrogens (tertiary/aromatic N) is 1. The molecule has 3 nitrogen and oxygen atoms in total. The summed E-state index contributed by atoms with van der Waals surface area (Å²) in [6, 6.07) is 7.27. The number of amides is 1. The van der Waals surface area contributed by atoms with Crippen molar-refractivity contribution >= 4 is 17.5 Å². The number of benzene rings is 1. The molecule has 0 saturated carbocycles. The van der Waals surface area contributed by atoms with Gasteiger partial charge in [-0.3, -0.25) is 4.79 Å². The Morgan fingerprint density at radius 1 is 1.47 bits per heavy atom. The Morgan fingerprint density at radius 3 is 2.73 bits per heavy atom. The number of halogens is 1. The van der Waals surface area contributed by atoms with Crippen LogP contribution in [-0.2, 0) is 4.79 Å². The summed E-state index contributed by atoms with van der Waals surface area (Å²) in [6.07, 6.45) is 0. The summed E-state index contributed by atoms with van der Waals surface area (Å²) < 4.78 is 5.43. The molecule has 0 bridgehead atoms. The van der Waals surface area contributed by atoms with Crippen molar-refractivity contribution in [2.45, 2.75) is 6.92 Å². The first-order valence-corrected chi connectivity index (χ1v) is 5.08. The first kappa shape index (κ1) is 11.9. The number of hydrogen-bond acceptors (Lipinski definition) is 2. The average molecular weight is 228 g/mol. The molecule has 0 fully saturated rings. The van der Waals surface area contributed by atoms with E-state index in [1.807, 2.05) is 12.1 Å². The van der Waals surface area contributed by atoms with Gasteiger partial charge in [-0.25, -0.2) is 0 Å². The SMILES string of the molecule is CC(=O)N(C)CCOc1ccccc1Cl. The number of likely N-dealkylation sites (N-methyl/N-ethyl adjacent to an activating group) is 1. The van der Waals surface area contributed by atoms with E-state index in [0.29, 0.717) is 23.9 Å². The lowest BCUT2D eigenvalue weighted by atomic mass is 10.3. The fourth-order valence-electron chi connectivity index (χ4n) is 1.01. The maximum atomic E-state index is 10.9. The summed E-state index contributed by atoms with van der Waals surface area (Å²) in [5.41, 5.74) is 0. The van der Waals surface area contributed by atoms with E-state index in [1.54, 1.807) is 24.1 Å². The highest BCUT2D eigenvalue weighted by atomic mass is 35.5. The fourth-order valence-corrected chi connectivity index (χ4v) is 1.20. The highest BCUT2D eigenvalue weighted by Gasteiger charge is 2.03. The fraction of sp³-hybridized carbons (Fsp3) is 0.364. The van der Waals surface area contributed by atoms with Gasteiger partial charge < -0.3 is 9.64 Å². The summed E-state index contributed by atoms with van der Waals surface area (Å²) in [7, 11) is 1.73. The van der Waals surface area contributed by atoms with Crippen molar-refractivity contribution in [1.82, 2.24) is 4.90 Å². The summed E-state index contributed by atoms with van der Waals surface area (Å²) >= 11 is 5.90. The molecular weight excluding hydrogens is 214 g/mol. The molecule has 0 aliphatic carbocycles. The van der Waals surface area contributed by atoms with E-state index in [1.165, 1.54) is 6.92 Å². The molecule has 0 heterocycles. The minimum absolute atomic E-state index is 0.0257. The van der Waals surface area contributed by atoms with E-state index < -0.39 is 0 Å². The van der Waals surface area contributed by atoms with E-state index in [4.69, 9.17) is 16.3 Å². The molecule has 1 aromatic carbocycles. The summed E-state index contributed by atoms with van der Waals surface area (Å²) in [4.78, 5) is 12.5. The van der Waals surface area contributed by atoms with Crippen LogP contribution in [0.5, 0.6) is 5.75 Å². The van der Waals surface area contributed by atoms with Gasteiger partial charge in [0.1, 0.15) is 12.4 Å². The van der Waals surface area contributed by atoms with Crippen LogP contribution in [0.1, 0.15) is 6.92 Å². The van der Waals surface area contributed by atoms with E-state index in [0.717, 1.165) is 0 Å². The monoisotopic (exact) mass is 227 g/mol. The molecule has 1 rings (SSSR count). The Hall–Kier alpha value is -1.22. The van der Waals surface area contributed by atoms with Crippen molar-refractivity contribution < 1.29 is 9.53 Å². The van der Waals surface area contributed by atoms with Gasteiger partial charge >= 0.3 is 0 Å². The number of carbonyl (C=O) groups excluding carboxylic acids is 1. The van der Waals surface area contributed by atoms with Gasteiger partial charge in [0, 0.05) is 14.0 Å². The lowest BCUT2D eigenvalue weighted by Crippen LogP contribution is -2.28. The van der Waals surface area contributed by atoms with Crippen LogP contribution in [0.15, 0.2) is 24.3 Å². The largest absolute Gasteiger partial charge is 0.490 e. The zero-order valence-corrected chi connectivity index (χ0v) is 9.62. The van der Waals surface area contributed by atoms with Crippen LogP contribution in [0.3, 0.4) is 0 Å². The van der Waals surface area contributed by atoms with Crippen molar-refractivity contribution in [3.63, 3.8) is 0 Å². The molecule has 15 heavy (non-hydrogen) atoms. The number of ether oxygens (including phenoxy) is 1. The van der Waals surface area contributed by atoms with Gasteiger partial charge in [0.25, 0.3) is 0 Å². The van der Waals surface area contributed by atoms with E-state index >= 15 is 0 Å². The van der Waals surface area contributed by atoms with Crippen LogP contribution < -0.4 is 4.74 Å². The van der Waals surface area contributed by atoms with E-state index in [9.17, 15) is 4.79 Å². The minimum Gasteiger partial charge on any atom is -0.490 e. The van der Waals surface area contributed by atoms with Crippen LogP contribution in [0.2, 0.25) is 5.02 Å². The van der Waals surface area contributed by atoms with Crippen molar-refractivity contribution in [3.05, 3.63) is 29.3 Å². The first-order chi connectivity index (χ1) is 7.11. The van der Waals surface area contributed by atoms with Gasteiger partial charge in [0.15, 0.2) is 0 Å². The summed E-state index contributed by atoms with van der Waals surface area (Å²) in [6.45, 7) is 2.52. The predicted octanol–water partition coefficient (Wildman–Crippen LogP) is 2.20. The van der Waals surface area contributed by atoms with E-state index in [2.05, 4.69) is 0 Å². The van der Waals surface area contributed by atoms with Crippen molar-refractivity contribution in [2.24, 2.45) is 0 Å². The second kappa shape index (κ2) is 5.61. The van der Waals surface area contributed by atoms with Gasteiger partial charge in [0.2, 0.25) is 5.91 Å². The third-order valence-corrected chi connectivity index (χ3v) is 2.37. The number of rotatable bonds is 4. The lowest BCUT2D eigenvalue weighted by molar-refractivity contribution is -0.127. The quantitative estimate of drug-likeness (QED) is 0.789. The molecular formula is C11H14ClNO2. The minimum atomic E-state index is 0.0257. The molecule has 0 aromatic heterocycles. The highest BCUT2D eigenvalue weighted by molar-refractivity contribution is 6.32. The Morgan fingerprint density at radius 2 is 2.13 bits per heavy atom. The molecule has 0 aliphatic rings. The number of carbonyl (C=O) groups is 1. The average Bonchev–Trinajstić information content (AvgIpc) is 2.20. The Bertz CT molecular complexity index is 341. The molecule has 0 spiro atoms. The Labute approximate surface area is 94.6 Å². The van der Waals surface area contributed by atoms with Crippen LogP contribution in [-0.4, -0.2) is 31.0 Å². The highest BCUT2D eigenvalue weighted by Crippen LogP contribution is 2.22. The van der Waals surface area contributed by atoms with Gasteiger partial charge in [0.05, 0.1) is 11.6 Å². The molecule has 0 atom stereocenters. The zero-order chi connectivity index (χ0) is 11.3. The normalized spacial score (nSPS) is 9.80. The molecule has 0 radical (unpaired) electrons. The molecule has 4 heteroatoms. The standard InChI is InChI=1S/C11H14ClNO2/c1-9(14)13(2)7-8-15-11-6-4-3-5-10(11)12/h3-6H,7-8H2,1-2H3. The first-order valence-electron chi connectivity index (χ1n) is 4.70. The molecule has 0 saturated heterocycles. The number of para-hydroxylation sites is 1. The zero-order valence-electron chi connectivity index (χ0n) is 8.87. The smallest absolute Gasteiger partial charge is 0.219 e. The van der Waals surface area contributed by atoms with Gasteiger partial charge in [-0.05, 0) is 12.1 Å². The molecule has 0 N–H and O–H groups in total. The van der Waals surface area contributed by atoms with Gasteiger partial charge in [-0.1, -0.05) is 23.7 Å². The third-order valence-electron chi connectivity index (χ3n) is 2.06. The second-order valence-electron chi connectivity index (χ2n) is 3.22. The third kappa shape index (κ3) is 3.80. The Balaban J connectivity index is 2.38. The predicted molar refractivity (Wildman–Crippen MR) is 60.3 cm³/mol. The van der Waals surface area contributed by atoms with Gasteiger partial charge in [-0.15, -0.1) is 0 Å². The number of hydrogen-bond donors (Lipinski definition) is 0. The Kier molecular flexibility index (Phi) is 4.43. The topological polar surface area (TPSA) is 29.5 Å². The summed E-state index contributed by atoms with van der Waals surface area (Å²) in [5, 5.41) is 0.586. The maximum absolute atomic E-state index is 10.9. The summed E-state index contributed by atoms with van der Waals surface area (Å²) in [5.74, 6) is 0.675. The second-order valence-corrected chi connectivity index (χ2v) is 3.63. The van der Waals surface area contributed by atoms with Crippen molar-refractivity contribution in [3.8, 4) is 5.75 Å². The van der Waals surface area contributed by atoms with Crippen LogP contribution in [0.4, 0.5) is 0 Å². The van der Waals surface area contributed by atoms with Crippen LogP contribution in [0.25, 0.3) is 0 Å². The molecule has 82 valence electrons. The lowest BCUT2D eigenvalue weighted by Gasteiger charge is -2.15. The van der Waals surface area contributed by atoms with Gasteiger partial charge in [-0.2, -0.15) is 0 Å². The molecule has 0 unspecified atom stereocenters. The molecule has 1 aromatic rings. The van der Waals surface area contributed by atoms with E-state index in [-0.39, 0.29) is 5.91 Å². The van der Waals surface area contributed by atoms with Crippen molar-refractivity contribution in [1.29, 1.82) is 0 Å². The molecule has 1 amide bonds. The van der Waals surface area contributed by atoms with Crippen LogP contribution >= 0.6 is 11.6 Å².